The van der Waals surface area contributed by atoms with Gasteiger partial charge in [0.1, 0.15) is 17.6 Å². The van der Waals surface area contributed by atoms with Gasteiger partial charge in [0.25, 0.3) is 0 Å². The summed E-state index contributed by atoms with van der Waals surface area (Å²) >= 11 is 0. The number of nitrogens with zero attached hydrogens (tertiary/aromatic N) is 1. The number of allylic oxidation sites excluding steroid dienone is 3. The smallest absolute Gasteiger partial charge is 0.231 e. The topological polar surface area (TPSA) is 59.3 Å². The molecule has 0 N–H and O–H groups in total. The second kappa shape index (κ2) is 6.63. The van der Waals surface area contributed by atoms with Crippen molar-refractivity contribution in [2.45, 2.75) is 0 Å². The number of rotatable bonds is 4. The Morgan fingerprint density at radius 1 is 1.17 bits per heavy atom. The molecule has 0 fully saturated rings. The largest absolute Gasteiger partial charge is 0.479 e. The Hall–Kier alpha value is -3.32. The van der Waals surface area contributed by atoms with Crippen LogP contribution in [0.2, 0.25) is 0 Å². The number of benzene rings is 2. The number of nitriles is 1. The normalized spacial score (nSPS) is 14.6. The van der Waals surface area contributed by atoms with Crippen LogP contribution in [0.3, 0.4) is 0 Å². The van der Waals surface area contributed by atoms with E-state index in [-0.39, 0.29) is 18.1 Å². The molecular formula is C19H13NO3. The summed E-state index contributed by atoms with van der Waals surface area (Å²) in [5, 5.41) is 8.52. The van der Waals surface area contributed by atoms with Gasteiger partial charge in [0, 0.05) is 6.07 Å². The van der Waals surface area contributed by atoms with Gasteiger partial charge in [-0.25, -0.2) is 0 Å². The third kappa shape index (κ3) is 3.30. The molecule has 0 radical (unpaired) electrons. The summed E-state index contributed by atoms with van der Waals surface area (Å²) in [4.78, 5) is 12.2. The lowest BCUT2D eigenvalue weighted by atomic mass is 10.1. The van der Waals surface area contributed by atoms with Crippen molar-refractivity contribution >= 4 is 11.9 Å². The number of carbonyl (C=O) groups is 1. The van der Waals surface area contributed by atoms with Crippen molar-refractivity contribution < 1.29 is 14.3 Å². The molecule has 0 saturated carbocycles. The van der Waals surface area contributed by atoms with E-state index in [4.69, 9.17) is 14.7 Å². The number of Topliss-reactive ketones (excluding diaryl/α,β-unsaturated/α-hetero) is 1. The van der Waals surface area contributed by atoms with Gasteiger partial charge in [-0.05, 0) is 23.8 Å². The van der Waals surface area contributed by atoms with Crippen molar-refractivity contribution in [3.63, 3.8) is 0 Å². The molecule has 4 heteroatoms. The molecule has 112 valence electrons. The number of fused-ring (bicyclic) bond motifs is 1. The molecule has 1 heterocycles. The zero-order chi connectivity index (χ0) is 16.1. The quantitative estimate of drug-likeness (QED) is 0.807. The first-order valence-electron chi connectivity index (χ1n) is 7.08. The molecule has 0 spiro atoms. The van der Waals surface area contributed by atoms with Crippen molar-refractivity contribution in [1.29, 1.82) is 5.26 Å². The highest BCUT2D eigenvalue weighted by Crippen LogP contribution is 2.34. The minimum atomic E-state index is -0.162. The minimum absolute atomic E-state index is 0.0464. The Bertz CT molecular complexity index is 829. The van der Waals surface area contributed by atoms with Crippen molar-refractivity contribution in [3.05, 3.63) is 77.6 Å². The van der Waals surface area contributed by atoms with Crippen LogP contribution in [-0.4, -0.2) is 12.4 Å². The Labute approximate surface area is 133 Å². The summed E-state index contributed by atoms with van der Waals surface area (Å²) < 4.78 is 10.8. The van der Waals surface area contributed by atoms with Gasteiger partial charge < -0.3 is 9.47 Å². The predicted molar refractivity (Wildman–Crippen MR) is 86.1 cm³/mol. The van der Waals surface area contributed by atoms with Crippen molar-refractivity contribution in [2.24, 2.45) is 0 Å². The zero-order valence-corrected chi connectivity index (χ0v) is 12.2. The molecule has 23 heavy (non-hydrogen) atoms. The summed E-state index contributed by atoms with van der Waals surface area (Å²) in [6.45, 7) is -0.0464. The molecule has 4 nitrogen and oxygen atoms in total. The molecule has 1 aliphatic heterocycles. The first-order valence-corrected chi connectivity index (χ1v) is 7.08. The monoisotopic (exact) mass is 303 g/mol. The van der Waals surface area contributed by atoms with Gasteiger partial charge in [-0.3, -0.25) is 4.79 Å². The van der Waals surface area contributed by atoms with Gasteiger partial charge >= 0.3 is 0 Å². The summed E-state index contributed by atoms with van der Waals surface area (Å²) in [5.74, 6) is 1.05. The molecule has 0 bridgehead atoms. The number of ether oxygens (including phenoxy) is 2. The Morgan fingerprint density at radius 2 is 2.00 bits per heavy atom. The van der Waals surface area contributed by atoms with Crippen LogP contribution in [0, 0.1) is 11.3 Å². The van der Waals surface area contributed by atoms with Gasteiger partial charge in [0.2, 0.25) is 5.78 Å². The molecule has 0 atom stereocenters. The first-order chi connectivity index (χ1) is 11.3. The van der Waals surface area contributed by atoms with Gasteiger partial charge in [0.05, 0.1) is 5.56 Å². The summed E-state index contributed by atoms with van der Waals surface area (Å²) in [6, 6.07) is 16.6. The highest BCUT2D eigenvalue weighted by atomic mass is 16.5. The second-order valence-corrected chi connectivity index (χ2v) is 4.84. The number of ketones is 1. The number of carbonyl (C=O) groups excluding carboxylic acids is 1. The third-order valence-electron chi connectivity index (χ3n) is 3.28. The van der Waals surface area contributed by atoms with Gasteiger partial charge in [0.15, 0.2) is 12.4 Å². The Balaban J connectivity index is 1.76. The number of hydrogen-bond donors (Lipinski definition) is 0. The van der Waals surface area contributed by atoms with E-state index in [1.807, 2.05) is 42.5 Å². The summed E-state index contributed by atoms with van der Waals surface area (Å²) in [6.07, 6.45) is 5.32. The summed E-state index contributed by atoms with van der Waals surface area (Å²) in [7, 11) is 0. The van der Waals surface area contributed by atoms with E-state index in [2.05, 4.69) is 0 Å². The molecule has 2 aromatic rings. The van der Waals surface area contributed by atoms with Crippen LogP contribution in [0.4, 0.5) is 0 Å². The maximum absolute atomic E-state index is 12.2. The average Bonchev–Trinajstić information content (AvgIpc) is 2.89. The molecular weight excluding hydrogens is 290 g/mol. The fraction of sp³-hybridized carbons (Fsp3) is 0.0526. The molecule has 0 unspecified atom stereocenters. The lowest BCUT2D eigenvalue weighted by Crippen LogP contribution is -1.97. The Kier molecular flexibility index (Phi) is 4.21. The second-order valence-electron chi connectivity index (χ2n) is 4.84. The Morgan fingerprint density at radius 3 is 2.78 bits per heavy atom. The zero-order valence-electron chi connectivity index (χ0n) is 12.2. The maximum atomic E-state index is 12.2. The molecule has 3 rings (SSSR count). The third-order valence-corrected chi connectivity index (χ3v) is 3.28. The SMILES string of the molecule is N#CCOc1ccc2c(c1)O/C(=C\C=C\c1ccccc1)C2=O. The molecule has 0 saturated heterocycles. The lowest BCUT2D eigenvalue weighted by molar-refractivity contribution is 0.101. The molecule has 0 aromatic heterocycles. The molecule has 0 aliphatic carbocycles. The van der Waals surface area contributed by atoms with Crippen LogP contribution < -0.4 is 9.47 Å². The standard InChI is InChI=1S/C19H13NO3/c20-11-12-22-15-9-10-16-18(13-15)23-17(19(16)21)8-4-7-14-5-2-1-3-6-14/h1-10,13H,12H2/b7-4+,17-8-. The van der Waals surface area contributed by atoms with E-state index in [0.29, 0.717) is 17.1 Å². The van der Waals surface area contributed by atoms with Crippen molar-refractivity contribution in [2.75, 3.05) is 6.61 Å². The van der Waals surface area contributed by atoms with Crippen molar-refractivity contribution in [3.8, 4) is 17.6 Å². The molecule has 0 amide bonds. The van der Waals surface area contributed by atoms with E-state index in [1.165, 1.54) is 0 Å². The van der Waals surface area contributed by atoms with E-state index < -0.39 is 0 Å². The van der Waals surface area contributed by atoms with Crippen LogP contribution in [0.1, 0.15) is 15.9 Å². The maximum Gasteiger partial charge on any atom is 0.231 e. The van der Waals surface area contributed by atoms with E-state index in [9.17, 15) is 4.79 Å². The van der Waals surface area contributed by atoms with Crippen LogP contribution in [0.25, 0.3) is 6.08 Å². The van der Waals surface area contributed by atoms with Crippen LogP contribution in [0.15, 0.2) is 66.4 Å². The number of hydrogen-bond acceptors (Lipinski definition) is 4. The van der Waals surface area contributed by atoms with Crippen molar-refractivity contribution in [1.82, 2.24) is 0 Å². The average molecular weight is 303 g/mol. The highest BCUT2D eigenvalue weighted by molar-refractivity contribution is 6.12. The van der Waals surface area contributed by atoms with Gasteiger partial charge in [-0.1, -0.05) is 42.5 Å². The fourth-order valence-electron chi connectivity index (χ4n) is 2.20. The van der Waals surface area contributed by atoms with Crippen LogP contribution in [-0.2, 0) is 0 Å². The van der Waals surface area contributed by atoms with Crippen LogP contribution >= 0.6 is 0 Å². The van der Waals surface area contributed by atoms with Crippen LogP contribution in [0.5, 0.6) is 11.5 Å². The minimum Gasteiger partial charge on any atom is -0.479 e. The highest BCUT2D eigenvalue weighted by Gasteiger charge is 2.27. The molecule has 1 aliphatic rings. The lowest BCUT2D eigenvalue weighted by Gasteiger charge is -2.02. The molecule has 2 aromatic carbocycles. The summed E-state index contributed by atoms with van der Waals surface area (Å²) in [5.41, 5.74) is 1.54. The van der Waals surface area contributed by atoms with E-state index >= 15 is 0 Å². The van der Waals surface area contributed by atoms with Gasteiger partial charge in [-0.2, -0.15) is 5.26 Å². The van der Waals surface area contributed by atoms with E-state index in [1.54, 1.807) is 30.4 Å². The van der Waals surface area contributed by atoms with Gasteiger partial charge in [-0.15, -0.1) is 0 Å². The fourth-order valence-corrected chi connectivity index (χ4v) is 2.20. The van der Waals surface area contributed by atoms with E-state index in [0.717, 1.165) is 5.56 Å². The first kappa shape index (κ1) is 14.6. The predicted octanol–water partition coefficient (Wildman–Crippen LogP) is 3.76.